The summed E-state index contributed by atoms with van der Waals surface area (Å²) in [4.78, 5) is 3.93. The van der Waals surface area contributed by atoms with Gasteiger partial charge in [0.1, 0.15) is 12.7 Å². The third-order valence-corrected chi connectivity index (χ3v) is 3.36. The molecule has 0 radical (unpaired) electrons. The Kier molecular flexibility index (Phi) is 3.06. The summed E-state index contributed by atoms with van der Waals surface area (Å²) in [5.74, 6) is 0. The number of benzene rings is 1. The summed E-state index contributed by atoms with van der Waals surface area (Å²) in [5.41, 5.74) is 3.42. The van der Waals surface area contributed by atoms with Crippen LogP contribution in [0.1, 0.15) is 5.56 Å². The SMILES string of the molecule is c1ncn(-c2ccc(NCc3ccsc3)cc2)n1. The molecule has 2 heterocycles. The van der Waals surface area contributed by atoms with Crippen LogP contribution in [0, 0.1) is 0 Å². The molecule has 18 heavy (non-hydrogen) atoms. The van der Waals surface area contributed by atoms with E-state index < -0.39 is 0 Å². The van der Waals surface area contributed by atoms with Crippen molar-refractivity contribution in [3.8, 4) is 5.69 Å². The molecule has 0 amide bonds. The van der Waals surface area contributed by atoms with Gasteiger partial charge in [0.25, 0.3) is 0 Å². The summed E-state index contributed by atoms with van der Waals surface area (Å²) in [7, 11) is 0. The summed E-state index contributed by atoms with van der Waals surface area (Å²) in [6, 6.07) is 10.3. The lowest BCUT2D eigenvalue weighted by molar-refractivity contribution is 0.879. The minimum atomic E-state index is 0.853. The lowest BCUT2D eigenvalue weighted by Gasteiger charge is -2.06. The van der Waals surface area contributed by atoms with E-state index in [-0.39, 0.29) is 0 Å². The van der Waals surface area contributed by atoms with Gasteiger partial charge in [0.05, 0.1) is 5.69 Å². The smallest absolute Gasteiger partial charge is 0.138 e. The van der Waals surface area contributed by atoms with Gasteiger partial charge in [-0.2, -0.15) is 16.4 Å². The van der Waals surface area contributed by atoms with Gasteiger partial charge in [0.2, 0.25) is 0 Å². The second kappa shape index (κ2) is 5.01. The summed E-state index contributed by atoms with van der Waals surface area (Å²) < 4.78 is 1.74. The lowest BCUT2D eigenvalue weighted by atomic mass is 10.2. The molecule has 0 unspecified atom stereocenters. The van der Waals surface area contributed by atoms with E-state index in [0.717, 1.165) is 17.9 Å². The Balaban J connectivity index is 1.68. The van der Waals surface area contributed by atoms with Gasteiger partial charge in [-0.1, -0.05) is 0 Å². The zero-order chi connectivity index (χ0) is 12.2. The molecule has 0 aliphatic rings. The van der Waals surface area contributed by atoms with Gasteiger partial charge in [-0.05, 0) is 46.7 Å². The van der Waals surface area contributed by atoms with Crippen molar-refractivity contribution in [3.63, 3.8) is 0 Å². The number of anilines is 1. The van der Waals surface area contributed by atoms with Crippen LogP contribution >= 0.6 is 11.3 Å². The molecule has 5 heteroatoms. The van der Waals surface area contributed by atoms with Crippen LogP contribution in [-0.4, -0.2) is 14.8 Å². The highest BCUT2D eigenvalue weighted by Crippen LogP contribution is 2.14. The van der Waals surface area contributed by atoms with E-state index in [1.807, 2.05) is 24.3 Å². The molecule has 3 rings (SSSR count). The molecule has 0 saturated heterocycles. The fourth-order valence-corrected chi connectivity index (χ4v) is 2.34. The standard InChI is InChI=1S/C13H12N4S/c1-3-13(17-10-14-9-16-17)4-2-12(1)15-7-11-5-6-18-8-11/h1-6,8-10,15H,7H2. The summed E-state index contributed by atoms with van der Waals surface area (Å²) in [5, 5.41) is 11.7. The molecular weight excluding hydrogens is 244 g/mol. The van der Waals surface area contributed by atoms with Gasteiger partial charge in [0, 0.05) is 12.2 Å². The van der Waals surface area contributed by atoms with Gasteiger partial charge in [-0.25, -0.2) is 9.67 Å². The van der Waals surface area contributed by atoms with Crippen LogP contribution in [0.2, 0.25) is 0 Å². The predicted octanol–water partition coefficient (Wildman–Crippen LogP) is 2.94. The fraction of sp³-hybridized carbons (Fsp3) is 0.0769. The first-order valence-electron chi connectivity index (χ1n) is 5.62. The predicted molar refractivity (Wildman–Crippen MR) is 73.0 cm³/mol. The number of rotatable bonds is 4. The molecule has 3 aromatic rings. The molecule has 0 aliphatic heterocycles. The Hall–Kier alpha value is -2.14. The molecule has 0 fully saturated rings. The van der Waals surface area contributed by atoms with Crippen molar-refractivity contribution < 1.29 is 0 Å². The topological polar surface area (TPSA) is 42.7 Å². The molecule has 1 aromatic carbocycles. The number of nitrogens with one attached hydrogen (secondary N) is 1. The Labute approximate surface area is 109 Å². The molecule has 90 valence electrons. The molecule has 0 aliphatic carbocycles. The first-order valence-corrected chi connectivity index (χ1v) is 6.56. The van der Waals surface area contributed by atoms with Gasteiger partial charge >= 0.3 is 0 Å². The number of hydrogen-bond acceptors (Lipinski definition) is 4. The molecule has 0 saturated carbocycles. The zero-order valence-electron chi connectivity index (χ0n) is 9.65. The lowest BCUT2D eigenvalue weighted by Crippen LogP contribution is -1.99. The van der Waals surface area contributed by atoms with Crippen molar-refractivity contribution in [1.82, 2.24) is 14.8 Å². The van der Waals surface area contributed by atoms with E-state index >= 15 is 0 Å². The van der Waals surface area contributed by atoms with E-state index in [0.29, 0.717) is 0 Å². The highest BCUT2D eigenvalue weighted by atomic mass is 32.1. The molecule has 0 atom stereocenters. The Morgan fingerprint density at radius 2 is 2.06 bits per heavy atom. The van der Waals surface area contributed by atoms with Crippen molar-refractivity contribution in [1.29, 1.82) is 0 Å². The van der Waals surface area contributed by atoms with Crippen LogP contribution < -0.4 is 5.32 Å². The van der Waals surface area contributed by atoms with Gasteiger partial charge in [-0.15, -0.1) is 0 Å². The highest BCUT2D eigenvalue weighted by molar-refractivity contribution is 7.07. The number of nitrogens with zero attached hydrogens (tertiary/aromatic N) is 3. The second-order valence-electron chi connectivity index (χ2n) is 3.87. The fourth-order valence-electron chi connectivity index (χ4n) is 1.67. The molecular formula is C13H12N4S. The van der Waals surface area contributed by atoms with E-state index in [2.05, 4.69) is 32.2 Å². The van der Waals surface area contributed by atoms with Crippen molar-refractivity contribution in [3.05, 3.63) is 59.3 Å². The van der Waals surface area contributed by atoms with Crippen molar-refractivity contribution in [2.45, 2.75) is 6.54 Å². The quantitative estimate of drug-likeness (QED) is 0.780. The molecule has 0 spiro atoms. The number of hydrogen-bond donors (Lipinski definition) is 1. The zero-order valence-corrected chi connectivity index (χ0v) is 10.5. The Morgan fingerprint density at radius 1 is 1.17 bits per heavy atom. The maximum absolute atomic E-state index is 4.09. The van der Waals surface area contributed by atoms with E-state index in [1.54, 1.807) is 22.3 Å². The average Bonchev–Trinajstić information content (AvgIpc) is 3.10. The normalized spacial score (nSPS) is 10.4. The first kappa shape index (κ1) is 11.0. The van der Waals surface area contributed by atoms with Crippen LogP contribution in [0.25, 0.3) is 5.69 Å². The van der Waals surface area contributed by atoms with Gasteiger partial charge < -0.3 is 5.32 Å². The van der Waals surface area contributed by atoms with Crippen molar-refractivity contribution in [2.24, 2.45) is 0 Å². The van der Waals surface area contributed by atoms with E-state index in [9.17, 15) is 0 Å². The third-order valence-electron chi connectivity index (χ3n) is 2.63. The number of aromatic nitrogens is 3. The van der Waals surface area contributed by atoms with E-state index in [1.165, 1.54) is 11.9 Å². The van der Waals surface area contributed by atoms with Crippen LogP contribution in [0.15, 0.2) is 53.7 Å². The van der Waals surface area contributed by atoms with Crippen LogP contribution in [0.3, 0.4) is 0 Å². The molecule has 1 N–H and O–H groups in total. The Morgan fingerprint density at radius 3 is 2.72 bits per heavy atom. The summed E-state index contributed by atoms with van der Waals surface area (Å²) in [6.07, 6.45) is 3.22. The van der Waals surface area contributed by atoms with Crippen molar-refractivity contribution in [2.75, 3.05) is 5.32 Å². The minimum absolute atomic E-state index is 0.853. The van der Waals surface area contributed by atoms with Crippen LogP contribution in [0.5, 0.6) is 0 Å². The first-order chi connectivity index (χ1) is 8.92. The third kappa shape index (κ3) is 2.41. The van der Waals surface area contributed by atoms with Crippen molar-refractivity contribution >= 4 is 17.0 Å². The second-order valence-corrected chi connectivity index (χ2v) is 4.65. The molecule has 0 bridgehead atoms. The average molecular weight is 256 g/mol. The van der Waals surface area contributed by atoms with Crippen LogP contribution in [0.4, 0.5) is 5.69 Å². The maximum atomic E-state index is 4.09. The molecule has 2 aromatic heterocycles. The number of thiophene rings is 1. The maximum Gasteiger partial charge on any atom is 0.138 e. The highest BCUT2D eigenvalue weighted by Gasteiger charge is 1.98. The van der Waals surface area contributed by atoms with Crippen LogP contribution in [-0.2, 0) is 6.54 Å². The van der Waals surface area contributed by atoms with Gasteiger partial charge in [-0.3, -0.25) is 0 Å². The monoisotopic (exact) mass is 256 g/mol. The van der Waals surface area contributed by atoms with Gasteiger partial charge in [0.15, 0.2) is 0 Å². The Bertz CT molecular complexity index is 584. The summed E-state index contributed by atoms with van der Waals surface area (Å²) >= 11 is 1.72. The largest absolute Gasteiger partial charge is 0.381 e. The van der Waals surface area contributed by atoms with E-state index in [4.69, 9.17) is 0 Å². The molecule has 4 nitrogen and oxygen atoms in total. The minimum Gasteiger partial charge on any atom is -0.381 e. The summed E-state index contributed by atoms with van der Waals surface area (Å²) in [6.45, 7) is 0.853.